The van der Waals surface area contributed by atoms with Crippen LogP contribution in [0.15, 0.2) is 24.3 Å². The predicted molar refractivity (Wildman–Crippen MR) is 84.9 cm³/mol. The van der Waals surface area contributed by atoms with Crippen molar-refractivity contribution in [3.8, 4) is 0 Å². The lowest BCUT2D eigenvalue weighted by atomic mass is 10.2. The summed E-state index contributed by atoms with van der Waals surface area (Å²) in [6.45, 7) is 1.98. The van der Waals surface area contributed by atoms with Crippen molar-refractivity contribution < 1.29 is 27.5 Å². The molecule has 1 N–H and O–H groups in total. The number of carbonyl (C=O) groups excluding carboxylic acids is 2. The summed E-state index contributed by atoms with van der Waals surface area (Å²) in [6.07, 6.45) is 0. The van der Waals surface area contributed by atoms with Gasteiger partial charge in [0, 0.05) is 10.4 Å². The summed E-state index contributed by atoms with van der Waals surface area (Å²) in [5.41, 5.74) is -4.07. The summed E-state index contributed by atoms with van der Waals surface area (Å²) in [4.78, 5) is 23.6. The Hall–Kier alpha value is -1.74. The highest BCUT2D eigenvalue weighted by atomic mass is 32.2. The van der Waals surface area contributed by atoms with Crippen LogP contribution in [0, 0.1) is 0 Å². The Kier molecular flexibility index (Phi) is 5.53. The average molecular weight is 363 g/mol. The van der Waals surface area contributed by atoms with Crippen molar-refractivity contribution in [2.24, 2.45) is 0 Å². The van der Waals surface area contributed by atoms with Gasteiger partial charge >= 0.3 is 11.5 Å². The van der Waals surface area contributed by atoms with Gasteiger partial charge in [-0.05, 0) is 48.3 Å². The fourth-order valence-electron chi connectivity index (χ4n) is 1.77. The van der Waals surface area contributed by atoms with Crippen LogP contribution in [0.25, 0.3) is 10.1 Å². The molecule has 1 aromatic carbocycles. The maximum absolute atomic E-state index is 12.0. The molecule has 2 aromatic rings. The van der Waals surface area contributed by atoms with Gasteiger partial charge in [0.25, 0.3) is 0 Å². The van der Waals surface area contributed by atoms with Gasteiger partial charge in [-0.25, -0.2) is 4.79 Å². The molecule has 0 unspecified atom stereocenters. The summed E-state index contributed by atoms with van der Waals surface area (Å²) in [5, 5.41) is 3.11. The molecule has 0 atom stereocenters. The Morgan fingerprint density at radius 3 is 2.70 bits per heavy atom. The highest BCUT2D eigenvalue weighted by Gasteiger charge is 2.29. The maximum atomic E-state index is 12.0. The second-order valence-electron chi connectivity index (χ2n) is 4.37. The molecule has 0 radical (unpaired) electrons. The maximum Gasteiger partial charge on any atom is 0.442 e. The van der Waals surface area contributed by atoms with Gasteiger partial charge in [0.05, 0.1) is 12.4 Å². The molecule has 1 amide bonds. The molecule has 124 valence electrons. The van der Waals surface area contributed by atoms with Crippen LogP contribution in [0.1, 0.15) is 16.6 Å². The van der Waals surface area contributed by atoms with Crippen molar-refractivity contribution in [2.75, 3.05) is 17.7 Å². The molecule has 1 aromatic heterocycles. The molecule has 0 aliphatic heterocycles. The number of amides is 1. The molecule has 4 nitrogen and oxygen atoms in total. The largest absolute Gasteiger partial charge is 0.462 e. The third kappa shape index (κ3) is 5.14. The van der Waals surface area contributed by atoms with E-state index in [9.17, 15) is 22.8 Å². The van der Waals surface area contributed by atoms with Gasteiger partial charge in [0.2, 0.25) is 5.91 Å². The molecule has 0 aliphatic rings. The summed E-state index contributed by atoms with van der Waals surface area (Å²) >= 11 is 0.853. The van der Waals surface area contributed by atoms with E-state index < -0.39 is 34.9 Å². The Labute approximate surface area is 138 Å². The number of hydrogen-bond acceptors (Lipinski definition) is 5. The number of thiophene rings is 1. The zero-order valence-corrected chi connectivity index (χ0v) is 13.5. The monoisotopic (exact) mass is 363 g/mol. The van der Waals surface area contributed by atoms with Gasteiger partial charge in [-0.2, -0.15) is 13.2 Å². The topological polar surface area (TPSA) is 55.4 Å². The van der Waals surface area contributed by atoms with Crippen LogP contribution in [-0.2, 0) is 9.53 Å². The summed E-state index contributed by atoms with van der Waals surface area (Å²) in [6, 6.07) is 6.49. The molecule has 9 heteroatoms. The quantitative estimate of drug-likeness (QED) is 0.806. The number of carbonyl (C=O) groups is 2. The average Bonchev–Trinajstić information content (AvgIpc) is 2.88. The molecule has 2 rings (SSSR count). The molecule has 1 heterocycles. The standard InChI is InChI=1S/C14H12F3NO3S2/c1-2-21-13(20)11-6-8-5-9(3-4-10(8)23-11)18-12(19)7-22-14(15,16)17/h3-6H,2,7H2,1H3,(H,18,19). The van der Waals surface area contributed by atoms with E-state index >= 15 is 0 Å². The number of anilines is 1. The van der Waals surface area contributed by atoms with Crippen molar-refractivity contribution in [1.82, 2.24) is 0 Å². The Balaban J connectivity index is 2.08. The van der Waals surface area contributed by atoms with Crippen LogP contribution in [0.3, 0.4) is 0 Å². The minimum atomic E-state index is -4.44. The number of halogens is 3. The first-order valence-electron chi connectivity index (χ1n) is 6.50. The summed E-state index contributed by atoms with van der Waals surface area (Å²) in [7, 11) is 0. The van der Waals surface area contributed by atoms with Gasteiger partial charge in [0.15, 0.2) is 0 Å². The smallest absolute Gasteiger partial charge is 0.442 e. The van der Waals surface area contributed by atoms with E-state index in [1.165, 1.54) is 11.3 Å². The van der Waals surface area contributed by atoms with Crippen LogP contribution in [-0.4, -0.2) is 29.7 Å². The lowest BCUT2D eigenvalue weighted by Gasteiger charge is -2.07. The lowest BCUT2D eigenvalue weighted by Crippen LogP contribution is -2.17. The van der Waals surface area contributed by atoms with Crippen molar-refractivity contribution in [3.63, 3.8) is 0 Å². The van der Waals surface area contributed by atoms with Crippen molar-refractivity contribution in [3.05, 3.63) is 29.1 Å². The van der Waals surface area contributed by atoms with Gasteiger partial charge in [0.1, 0.15) is 4.88 Å². The Morgan fingerprint density at radius 1 is 1.30 bits per heavy atom. The second kappa shape index (κ2) is 7.22. The first-order chi connectivity index (χ1) is 10.8. The molecule has 0 saturated carbocycles. The molecule has 0 saturated heterocycles. The molecule has 23 heavy (non-hydrogen) atoms. The first kappa shape index (κ1) is 17.6. The molecule has 0 spiro atoms. The van der Waals surface area contributed by atoms with Gasteiger partial charge in [-0.3, -0.25) is 4.79 Å². The van der Waals surface area contributed by atoms with E-state index in [-0.39, 0.29) is 6.61 Å². The van der Waals surface area contributed by atoms with Crippen molar-refractivity contribution in [2.45, 2.75) is 12.4 Å². The number of alkyl halides is 3. The number of benzene rings is 1. The van der Waals surface area contributed by atoms with E-state index in [1.54, 1.807) is 31.2 Å². The SMILES string of the molecule is CCOC(=O)c1cc2cc(NC(=O)CSC(F)(F)F)ccc2s1. The molecular formula is C14H12F3NO3S2. The Bertz CT molecular complexity index is 728. The van der Waals surface area contributed by atoms with E-state index in [2.05, 4.69) is 5.32 Å². The molecule has 0 fully saturated rings. The highest BCUT2D eigenvalue weighted by Crippen LogP contribution is 2.31. The summed E-state index contributed by atoms with van der Waals surface area (Å²) in [5.74, 6) is -1.88. The fraction of sp³-hybridized carbons (Fsp3) is 0.286. The van der Waals surface area contributed by atoms with Crippen LogP contribution in [0.2, 0.25) is 0 Å². The minimum Gasteiger partial charge on any atom is -0.462 e. The number of nitrogens with one attached hydrogen (secondary N) is 1. The third-order valence-corrected chi connectivity index (χ3v) is 4.47. The van der Waals surface area contributed by atoms with Crippen molar-refractivity contribution >= 4 is 50.7 Å². The van der Waals surface area contributed by atoms with Crippen molar-refractivity contribution in [1.29, 1.82) is 0 Å². The van der Waals surface area contributed by atoms with Gasteiger partial charge in [-0.15, -0.1) is 11.3 Å². The zero-order valence-electron chi connectivity index (χ0n) is 11.9. The second-order valence-corrected chi connectivity index (χ2v) is 6.49. The summed E-state index contributed by atoms with van der Waals surface area (Å²) < 4.78 is 41.9. The van der Waals surface area contributed by atoms with Crippen LogP contribution in [0.4, 0.5) is 18.9 Å². The molecular weight excluding hydrogens is 351 g/mol. The highest BCUT2D eigenvalue weighted by molar-refractivity contribution is 8.00. The number of hydrogen-bond donors (Lipinski definition) is 1. The number of thioether (sulfide) groups is 1. The Morgan fingerprint density at radius 2 is 2.04 bits per heavy atom. The van der Waals surface area contributed by atoms with Crippen LogP contribution < -0.4 is 5.32 Å². The minimum absolute atomic E-state index is 0.269. The van der Waals surface area contributed by atoms with E-state index in [1.807, 2.05) is 0 Å². The zero-order chi connectivity index (χ0) is 17.0. The number of fused-ring (bicyclic) bond motifs is 1. The molecule has 0 aliphatic carbocycles. The van der Waals surface area contributed by atoms with E-state index in [0.717, 1.165) is 4.70 Å². The predicted octanol–water partition coefficient (Wildman–Crippen LogP) is 4.27. The first-order valence-corrected chi connectivity index (χ1v) is 8.30. The molecule has 0 bridgehead atoms. The number of ether oxygens (including phenoxy) is 1. The third-order valence-electron chi connectivity index (χ3n) is 2.64. The van der Waals surface area contributed by atoms with Gasteiger partial charge < -0.3 is 10.1 Å². The van der Waals surface area contributed by atoms with E-state index in [0.29, 0.717) is 16.0 Å². The van der Waals surface area contributed by atoms with Crippen LogP contribution in [0.5, 0.6) is 0 Å². The fourth-order valence-corrected chi connectivity index (χ4v) is 3.07. The van der Waals surface area contributed by atoms with Crippen LogP contribution >= 0.6 is 23.1 Å². The number of esters is 1. The van der Waals surface area contributed by atoms with E-state index in [4.69, 9.17) is 4.74 Å². The lowest BCUT2D eigenvalue weighted by molar-refractivity contribution is -0.114. The number of rotatable bonds is 5. The van der Waals surface area contributed by atoms with Gasteiger partial charge in [-0.1, -0.05) is 0 Å². The normalized spacial score (nSPS) is 11.5.